The molecule has 4 aromatic carbocycles. The van der Waals surface area contributed by atoms with Crippen molar-refractivity contribution in [3.05, 3.63) is 142 Å². The van der Waals surface area contributed by atoms with Crippen LogP contribution in [0.25, 0.3) is 0 Å². The Hall–Kier alpha value is -4.93. The van der Waals surface area contributed by atoms with Crippen LogP contribution in [0.5, 0.6) is 5.88 Å². The summed E-state index contributed by atoms with van der Waals surface area (Å²) in [5.74, 6) is 0.196. The van der Waals surface area contributed by atoms with Crippen LogP contribution in [-0.4, -0.2) is 43.6 Å². The standard InChI is InChI=1S/C40H41N5O4S/c1-39(48-2)26-44-37(49-27-39)35(25-42-44)50(41,47)45(38(46)43-36-33-22-12-14-28(33)24-29-15-13-23-34(29)36)40(30-16-6-3-7-17-30,31-18-8-4-9-19-31)32-20-10-5-11-21-32/h3-11,16-21,24-25,41H,12-15,22-23,26-27H2,1-2H3,(H,43,46). The first-order chi connectivity index (χ1) is 24.3. The van der Waals surface area contributed by atoms with Crippen LogP contribution in [0, 0.1) is 4.78 Å². The van der Waals surface area contributed by atoms with Crippen molar-refractivity contribution >= 4 is 21.6 Å². The summed E-state index contributed by atoms with van der Waals surface area (Å²) in [6.07, 6.45) is 7.09. The zero-order chi connectivity index (χ0) is 34.5. The molecule has 1 aliphatic heterocycles. The number of amides is 2. The summed E-state index contributed by atoms with van der Waals surface area (Å²) in [6, 6.07) is 30.5. The number of ether oxygens (including phenoxy) is 2. The van der Waals surface area contributed by atoms with Gasteiger partial charge in [0.15, 0.2) is 9.92 Å². The highest BCUT2D eigenvalue weighted by Gasteiger charge is 2.52. The number of fused-ring (bicyclic) bond motifs is 3. The predicted molar refractivity (Wildman–Crippen MR) is 193 cm³/mol. The number of carbonyl (C=O) groups excluding carboxylic acids is 1. The van der Waals surface area contributed by atoms with Gasteiger partial charge in [-0.1, -0.05) is 97.1 Å². The molecule has 5 aromatic rings. The Morgan fingerprint density at radius 2 is 1.42 bits per heavy atom. The fourth-order valence-electron chi connectivity index (χ4n) is 8.09. The Bertz CT molecular complexity index is 2040. The van der Waals surface area contributed by atoms with Crippen molar-refractivity contribution in [3.63, 3.8) is 0 Å². The molecule has 256 valence electrons. The van der Waals surface area contributed by atoms with Gasteiger partial charge < -0.3 is 14.8 Å². The Labute approximate surface area is 293 Å². The molecule has 2 atom stereocenters. The predicted octanol–water partition coefficient (Wildman–Crippen LogP) is 7.50. The molecule has 0 saturated carbocycles. The quantitative estimate of drug-likeness (QED) is 0.164. The van der Waals surface area contributed by atoms with Crippen molar-refractivity contribution in [3.8, 4) is 5.88 Å². The van der Waals surface area contributed by atoms with Crippen LogP contribution in [-0.2, 0) is 52.4 Å². The molecule has 1 aromatic heterocycles. The van der Waals surface area contributed by atoms with Crippen molar-refractivity contribution in [1.82, 2.24) is 14.1 Å². The average Bonchev–Trinajstić information content (AvgIpc) is 3.92. The number of aromatic nitrogens is 2. The molecular weight excluding hydrogens is 647 g/mol. The van der Waals surface area contributed by atoms with Gasteiger partial charge in [-0.3, -0.25) is 0 Å². The lowest BCUT2D eigenvalue weighted by molar-refractivity contribution is -0.0654. The average molecular weight is 688 g/mol. The lowest BCUT2D eigenvalue weighted by Crippen LogP contribution is -2.55. The van der Waals surface area contributed by atoms with Crippen LogP contribution >= 0.6 is 0 Å². The van der Waals surface area contributed by atoms with E-state index < -0.39 is 27.1 Å². The van der Waals surface area contributed by atoms with E-state index in [1.54, 1.807) is 11.8 Å². The number of urea groups is 1. The topological polar surface area (TPSA) is 110 Å². The third-order valence-electron chi connectivity index (χ3n) is 10.6. The first-order valence-corrected chi connectivity index (χ1v) is 18.7. The molecule has 9 nitrogen and oxygen atoms in total. The van der Waals surface area contributed by atoms with Crippen molar-refractivity contribution in [2.45, 2.75) is 68.0 Å². The molecule has 0 spiro atoms. The summed E-state index contributed by atoms with van der Waals surface area (Å²) in [6.45, 7) is 2.43. The van der Waals surface area contributed by atoms with Crippen LogP contribution in [0.2, 0.25) is 0 Å². The molecule has 50 heavy (non-hydrogen) atoms. The monoisotopic (exact) mass is 687 g/mol. The lowest BCUT2D eigenvalue weighted by atomic mass is 9.77. The summed E-state index contributed by atoms with van der Waals surface area (Å²) < 4.78 is 40.7. The van der Waals surface area contributed by atoms with Gasteiger partial charge in [0, 0.05) is 12.8 Å². The van der Waals surface area contributed by atoms with Gasteiger partial charge in [-0.05, 0) is 84.4 Å². The van der Waals surface area contributed by atoms with Gasteiger partial charge in [0.25, 0.3) is 0 Å². The number of rotatable bonds is 8. The van der Waals surface area contributed by atoms with Gasteiger partial charge in [-0.15, -0.1) is 0 Å². The smallest absolute Gasteiger partial charge is 0.336 e. The highest BCUT2D eigenvalue weighted by atomic mass is 32.2. The van der Waals surface area contributed by atoms with Crippen LogP contribution in [0.4, 0.5) is 10.5 Å². The zero-order valence-electron chi connectivity index (χ0n) is 28.4. The molecule has 2 N–H and O–H groups in total. The second kappa shape index (κ2) is 12.4. The highest BCUT2D eigenvalue weighted by molar-refractivity contribution is 7.90. The van der Waals surface area contributed by atoms with Gasteiger partial charge in [0.05, 0.1) is 12.7 Å². The molecule has 2 heterocycles. The van der Waals surface area contributed by atoms with Crippen LogP contribution in [0.1, 0.15) is 58.7 Å². The fraction of sp³-hybridized carbons (Fsp3) is 0.300. The summed E-state index contributed by atoms with van der Waals surface area (Å²) >= 11 is 0. The zero-order valence-corrected chi connectivity index (χ0v) is 29.2. The van der Waals surface area contributed by atoms with E-state index in [0.29, 0.717) is 23.2 Å². The Morgan fingerprint density at radius 3 is 1.92 bits per heavy atom. The third kappa shape index (κ3) is 5.12. The van der Waals surface area contributed by atoms with Crippen LogP contribution in [0.15, 0.2) is 108 Å². The Balaban J connectivity index is 1.40. The summed E-state index contributed by atoms with van der Waals surface area (Å²) in [4.78, 5) is 15.6. The minimum absolute atomic E-state index is 0.0292. The van der Waals surface area contributed by atoms with E-state index in [2.05, 4.69) is 16.5 Å². The number of aryl methyl sites for hydroxylation is 2. The molecule has 2 amide bonds. The Kier molecular flexibility index (Phi) is 8.03. The van der Waals surface area contributed by atoms with E-state index in [0.717, 1.165) is 55.3 Å². The number of carbonyl (C=O) groups is 1. The molecule has 10 heteroatoms. The third-order valence-corrected chi connectivity index (χ3v) is 12.4. The van der Waals surface area contributed by atoms with Gasteiger partial charge in [0.1, 0.15) is 22.6 Å². The minimum Gasteiger partial charge on any atom is -0.474 e. The molecule has 0 radical (unpaired) electrons. The normalized spacial score (nSPS) is 19.1. The molecule has 0 saturated heterocycles. The Morgan fingerprint density at radius 1 is 0.900 bits per heavy atom. The van der Waals surface area contributed by atoms with E-state index in [9.17, 15) is 4.78 Å². The number of anilines is 1. The minimum atomic E-state index is -4.22. The number of hydrogen-bond acceptors (Lipinski definition) is 6. The van der Waals surface area contributed by atoms with E-state index >= 15 is 9.00 Å². The summed E-state index contributed by atoms with van der Waals surface area (Å²) in [5, 5.41) is 7.87. The highest BCUT2D eigenvalue weighted by Crippen LogP contribution is 2.48. The number of nitrogens with zero attached hydrogens (tertiary/aromatic N) is 3. The van der Waals surface area contributed by atoms with Crippen molar-refractivity contribution in [1.29, 1.82) is 4.78 Å². The first-order valence-electron chi connectivity index (χ1n) is 17.2. The van der Waals surface area contributed by atoms with E-state index in [1.807, 2.05) is 97.9 Å². The molecule has 3 aliphatic rings. The van der Waals surface area contributed by atoms with E-state index in [-0.39, 0.29) is 17.4 Å². The maximum absolute atomic E-state index is 15.9. The second-order valence-corrected chi connectivity index (χ2v) is 15.6. The second-order valence-electron chi connectivity index (χ2n) is 13.7. The SMILES string of the molecule is COC1(C)COc2c(S(=N)(=O)N(C(=O)Nc3c4c(cc5c3CCC5)CCC4)C(c3ccccc3)(c3ccccc3)c3ccccc3)cnn2C1. The van der Waals surface area contributed by atoms with Crippen LogP contribution < -0.4 is 10.1 Å². The molecule has 2 aliphatic carbocycles. The molecule has 8 rings (SSSR count). The fourth-order valence-corrected chi connectivity index (χ4v) is 9.86. The summed E-state index contributed by atoms with van der Waals surface area (Å²) in [7, 11) is -2.61. The van der Waals surface area contributed by atoms with Gasteiger partial charge in [0.2, 0.25) is 5.88 Å². The van der Waals surface area contributed by atoms with Crippen molar-refractivity contribution in [2.75, 3.05) is 19.0 Å². The number of hydrogen-bond donors (Lipinski definition) is 2. The van der Waals surface area contributed by atoms with Gasteiger partial charge >= 0.3 is 6.03 Å². The van der Waals surface area contributed by atoms with E-state index in [4.69, 9.17) is 9.47 Å². The first kappa shape index (κ1) is 32.3. The molecular formula is C40H41N5O4S. The number of nitrogens with one attached hydrogen (secondary N) is 2. The van der Waals surface area contributed by atoms with Gasteiger partial charge in [-0.25, -0.2) is 22.8 Å². The number of methoxy groups -OCH3 is 1. The summed E-state index contributed by atoms with van der Waals surface area (Å²) in [5.41, 5.74) is 5.50. The maximum Gasteiger partial charge on any atom is 0.336 e. The van der Waals surface area contributed by atoms with Crippen molar-refractivity contribution in [2.24, 2.45) is 0 Å². The maximum atomic E-state index is 15.9. The molecule has 0 bridgehead atoms. The van der Waals surface area contributed by atoms with Crippen molar-refractivity contribution < 1.29 is 18.5 Å². The number of benzene rings is 4. The van der Waals surface area contributed by atoms with E-state index in [1.165, 1.54) is 21.6 Å². The lowest BCUT2D eigenvalue weighted by Gasteiger charge is -2.45. The molecule has 0 fully saturated rings. The van der Waals surface area contributed by atoms with Gasteiger partial charge in [-0.2, -0.15) is 5.10 Å². The molecule has 2 unspecified atom stereocenters. The van der Waals surface area contributed by atoms with Crippen LogP contribution in [0.3, 0.4) is 0 Å². The largest absolute Gasteiger partial charge is 0.474 e.